The molecule has 178 valence electrons. The number of hydrogen-bond acceptors (Lipinski definition) is 6. The van der Waals surface area contributed by atoms with E-state index in [9.17, 15) is 5.11 Å². The molecule has 0 aromatic carbocycles. The summed E-state index contributed by atoms with van der Waals surface area (Å²) in [6.07, 6.45) is 9.52. The number of hydrogen-bond donors (Lipinski definition) is 1. The molecule has 0 spiro atoms. The number of aliphatic hydroxyl groups is 1. The Bertz CT molecular complexity index is 1010. The molecule has 4 rings (SSSR count). The fourth-order valence-corrected chi connectivity index (χ4v) is 4.59. The molecular formula is C27H39N5O. The number of aromatic nitrogens is 1. The van der Waals surface area contributed by atoms with Gasteiger partial charge in [0.05, 0.1) is 17.0 Å². The Kier molecular flexibility index (Phi) is 6.76. The van der Waals surface area contributed by atoms with Gasteiger partial charge >= 0.3 is 0 Å². The zero-order chi connectivity index (χ0) is 23.8. The Morgan fingerprint density at radius 1 is 1.21 bits per heavy atom. The number of rotatable bonds is 6. The van der Waals surface area contributed by atoms with Gasteiger partial charge in [0.2, 0.25) is 0 Å². The summed E-state index contributed by atoms with van der Waals surface area (Å²) >= 11 is 0. The van der Waals surface area contributed by atoms with E-state index in [1.165, 1.54) is 24.1 Å². The maximum atomic E-state index is 10.5. The van der Waals surface area contributed by atoms with Crippen LogP contribution in [0.3, 0.4) is 0 Å². The minimum atomic E-state index is -0.844. The van der Waals surface area contributed by atoms with E-state index >= 15 is 0 Å². The van der Waals surface area contributed by atoms with E-state index in [0.717, 1.165) is 61.0 Å². The molecule has 1 atom stereocenters. The van der Waals surface area contributed by atoms with Crippen molar-refractivity contribution in [3.63, 3.8) is 0 Å². The van der Waals surface area contributed by atoms with E-state index in [1.807, 2.05) is 20.8 Å². The van der Waals surface area contributed by atoms with Crippen molar-refractivity contribution < 1.29 is 5.11 Å². The van der Waals surface area contributed by atoms with E-state index in [-0.39, 0.29) is 0 Å². The van der Waals surface area contributed by atoms with Crippen LogP contribution in [0.5, 0.6) is 0 Å². The van der Waals surface area contributed by atoms with Gasteiger partial charge in [-0.2, -0.15) is 5.10 Å². The van der Waals surface area contributed by atoms with Crippen molar-refractivity contribution in [1.82, 2.24) is 4.98 Å². The third-order valence-corrected chi connectivity index (χ3v) is 7.09. The first-order valence-electron chi connectivity index (χ1n) is 12.4. The van der Waals surface area contributed by atoms with Crippen LogP contribution in [0.25, 0.3) is 0 Å². The van der Waals surface area contributed by atoms with Gasteiger partial charge in [-0.25, -0.2) is 4.98 Å². The number of nitrogens with zero attached hydrogens (tertiary/aromatic N) is 5. The number of allylic oxidation sites excluding steroid dienone is 2. The Balaban J connectivity index is 1.67. The van der Waals surface area contributed by atoms with Crippen molar-refractivity contribution in [2.24, 2.45) is 16.1 Å². The molecule has 1 aromatic rings. The molecule has 6 nitrogen and oxygen atoms in total. The normalized spacial score (nSPS) is 23.6. The molecule has 0 radical (unpaired) electrons. The van der Waals surface area contributed by atoms with E-state index in [4.69, 9.17) is 10.1 Å². The quantitative estimate of drug-likeness (QED) is 0.627. The van der Waals surface area contributed by atoms with Crippen LogP contribution in [0.15, 0.2) is 45.6 Å². The molecule has 1 N–H and O–H groups in total. The van der Waals surface area contributed by atoms with Crippen molar-refractivity contribution in [2.45, 2.75) is 78.2 Å². The van der Waals surface area contributed by atoms with Crippen LogP contribution < -0.4 is 9.80 Å². The maximum Gasteiger partial charge on any atom is 0.157 e. The summed E-state index contributed by atoms with van der Waals surface area (Å²) in [7, 11) is 2.12. The summed E-state index contributed by atoms with van der Waals surface area (Å²) in [6, 6.07) is 4.42. The lowest BCUT2D eigenvalue weighted by atomic mass is 9.81. The minimum Gasteiger partial charge on any atom is -0.386 e. The van der Waals surface area contributed by atoms with Gasteiger partial charge < -0.3 is 14.9 Å². The summed E-state index contributed by atoms with van der Waals surface area (Å²) in [6.45, 7) is 11.9. The average molecular weight is 450 g/mol. The second-order valence-corrected chi connectivity index (χ2v) is 10.3. The third kappa shape index (κ3) is 5.21. The van der Waals surface area contributed by atoms with Gasteiger partial charge in [-0.05, 0) is 89.0 Å². The third-order valence-electron chi connectivity index (χ3n) is 7.09. The first kappa shape index (κ1) is 23.7. The van der Waals surface area contributed by atoms with Crippen molar-refractivity contribution in [1.29, 1.82) is 0 Å². The smallest absolute Gasteiger partial charge is 0.157 e. The predicted molar refractivity (Wildman–Crippen MR) is 139 cm³/mol. The molecule has 1 unspecified atom stereocenters. The van der Waals surface area contributed by atoms with Crippen LogP contribution in [0.4, 0.5) is 11.5 Å². The first-order chi connectivity index (χ1) is 15.7. The van der Waals surface area contributed by atoms with Gasteiger partial charge in [0.25, 0.3) is 0 Å². The van der Waals surface area contributed by atoms with Crippen LogP contribution in [0, 0.1) is 5.92 Å². The molecule has 33 heavy (non-hydrogen) atoms. The van der Waals surface area contributed by atoms with Gasteiger partial charge in [-0.15, -0.1) is 5.10 Å². The molecular weight excluding hydrogens is 410 g/mol. The second-order valence-electron chi connectivity index (χ2n) is 10.3. The zero-order valence-electron chi connectivity index (χ0n) is 21.1. The average Bonchev–Trinajstić information content (AvgIpc) is 3.61. The molecule has 6 heteroatoms. The molecule has 1 fully saturated rings. The topological polar surface area (TPSA) is 64.3 Å². The van der Waals surface area contributed by atoms with E-state index in [0.29, 0.717) is 11.8 Å². The lowest BCUT2D eigenvalue weighted by Crippen LogP contribution is -2.34. The van der Waals surface area contributed by atoms with Gasteiger partial charge in [0, 0.05) is 31.7 Å². The van der Waals surface area contributed by atoms with Crippen LogP contribution in [0.2, 0.25) is 0 Å². The van der Waals surface area contributed by atoms with Crippen LogP contribution in [-0.2, 0) is 0 Å². The number of amidine groups is 1. The summed E-state index contributed by atoms with van der Waals surface area (Å²) in [5.74, 6) is 2.86. The van der Waals surface area contributed by atoms with E-state index < -0.39 is 5.60 Å². The summed E-state index contributed by atoms with van der Waals surface area (Å²) < 4.78 is 0. The largest absolute Gasteiger partial charge is 0.386 e. The summed E-state index contributed by atoms with van der Waals surface area (Å²) in [5, 5.41) is 19.9. The van der Waals surface area contributed by atoms with Crippen molar-refractivity contribution in [2.75, 3.05) is 29.9 Å². The van der Waals surface area contributed by atoms with Crippen LogP contribution >= 0.6 is 0 Å². The molecule has 1 aromatic heterocycles. The van der Waals surface area contributed by atoms with E-state index in [1.54, 1.807) is 0 Å². The molecule has 0 bridgehead atoms. The fraction of sp³-hybridized carbons (Fsp3) is 0.593. The summed E-state index contributed by atoms with van der Waals surface area (Å²) in [4.78, 5) is 9.61. The molecule has 1 aliphatic heterocycles. The Hall–Kier alpha value is -2.47. The molecule has 0 saturated heterocycles. The molecule has 2 heterocycles. The maximum absolute atomic E-state index is 10.5. The van der Waals surface area contributed by atoms with Crippen LogP contribution in [0.1, 0.15) is 78.3 Å². The Labute approximate surface area is 198 Å². The highest BCUT2D eigenvalue weighted by Crippen LogP contribution is 2.41. The molecule has 3 aliphatic rings. The Morgan fingerprint density at radius 3 is 2.64 bits per heavy atom. The van der Waals surface area contributed by atoms with Gasteiger partial charge in [-0.1, -0.05) is 19.1 Å². The Morgan fingerprint density at radius 2 is 1.97 bits per heavy atom. The molecule has 0 amide bonds. The number of anilines is 2. The lowest BCUT2D eigenvalue weighted by Gasteiger charge is -2.31. The first-order valence-corrected chi connectivity index (χ1v) is 12.4. The van der Waals surface area contributed by atoms with Crippen molar-refractivity contribution >= 4 is 23.1 Å². The highest BCUT2D eigenvalue weighted by Gasteiger charge is 2.29. The lowest BCUT2D eigenvalue weighted by molar-refractivity contribution is 0.122. The monoisotopic (exact) mass is 449 g/mol. The van der Waals surface area contributed by atoms with Crippen LogP contribution in [-0.4, -0.2) is 47.4 Å². The molecule has 2 aliphatic carbocycles. The minimum absolute atomic E-state index is 0.377. The predicted octanol–water partition coefficient (Wildman–Crippen LogP) is 5.45. The standard InChI is InChI=1S/C27H39N5O/c1-7-31(6)25-15-14-23(20-11-12-20)28-26(25)32-16-8-9-24(30-29-19(32)3)22-17-21(27(4,5)33)13-10-18(22)2/h13-15,17-18,20,33H,7-12,16H2,1-6H3/b29-19?,30-24+. The highest BCUT2D eigenvalue weighted by atomic mass is 16.3. The highest BCUT2D eigenvalue weighted by molar-refractivity contribution is 6.03. The van der Waals surface area contributed by atoms with Crippen molar-refractivity contribution in [3.05, 3.63) is 41.1 Å². The fourth-order valence-electron chi connectivity index (χ4n) is 4.59. The zero-order valence-corrected chi connectivity index (χ0v) is 21.1. The van der Waals surface area contributed by atoms with Crippen molar-refractivity contribution in [3.8, 4) is 0 Å². The summed E-state index contributed by atoms with van der Waals surface area (Å²) in [5.41, 5.74) is 4.72. The van der Waals surface area contributed by atoms with Gasteiger partial charge in [0.15, 0.2) is 5.82 Å². The second kappa shape index (κ2) is 9.41. The van der Waals surface area contributed by atoms with E-state index in [2.05, 4.69) is 60.1 Å². The van der Waals surface area contributed by atoms with Gasteiger partial charge in [0.1, 0.15) is 5.84 Å². The molecule has 1 saturated carbocycles. The SMILES string of the molecule is CCN(C)c1ccc(C2CC2)nc1N1CCC/C(C2=CC(C(C)(C)O)=CCC2C)=N\N=C1C. The van der Waals surface area contributed by atoms with Gasteiger partial charge in [-0.3, -0.25) is 0 Å². The number of pyridine rings is 1.